The molecule has 0 bridgehead atoms. The molecule has 0 fully saturated rings. The van der Waals surface area contributed by atoms with Gasteiger partial charge in [0.2, 0.25) is 5.82 Å². The molecule has 0 atom stereocenters. The van der Waals surface area contributed by atoms with Gasteiger partial charge in [-0.2, -0.15) is 13.2 Å². The third-order valence-electron chi connectivity index (χ3n) is 9.50. The highest BCUT2D eigenvalue weighted by Gasteiger charge is 2.36. The van der Waals surface area contributed by atoms with Crippen molar-refractivity contribution in [1.82, 2.24) is 39.9 Å². The van der Waals surface area contributed by atoms with Crippen LogP contribution in [0.4, 0.5) is 47.6 Å². The summed E-state index contributed by atoms with van der Waals surface area (Å²) >= 11 is 12.1. The summed E-state index contributed by atoms with van der Waals surface area (Å²) in [4.78, 5) is 65.7. The molecule has 0 radical (unpaired) electrons. The summed E-state index contributed by atoms with van der Waals surface area (Å²) in [5.41, 5.74) is 18.8. The number of hydrogen-bond donors (Lipinski definition) is 4. The van der Waals surface area contributed by atoms with E-state index in [9.17, 15) is 22.8 Å². The highest BCUT2D eigenvalue weighted by Crippen LogP contribution is 2.34. The monoisotopic (exact) mass is 882 g/mol. The van der Waals surface area contributed by atoms with Crippen LogP contribution in [0.5, 0.6) is 0 Å². The predicted octanol–water partition coefficient (Wildman–Crippen LogP) is 7.80. The van der Waals surface area contributed by atoms with Crippen molar-refractivity contribution in [3.05, 3.63) is 128 Å². The zero-order valence-electron chi connectivity index (χ0n) is 33.5. The summed E-state index contributed by atoms with van der Waals surface area (Å²) < 4.78 is 38.6. The number of fused-ring (bicyclic) bond motifs is 2. The maximum atomic E-state index is 12.9. The Morgan fingerprint density at radius 1 is 0.645 bits per heavy atom. The number of aliphatic imine (C=N–C) groups is 2. The quantitative estimate of drug-likeness (QED) is 0.125. The van der Waals surface area contributed by atoms with Crippen LogP contribution >= 0.6 is 23.2 Å². The van der Waals surface area contributed by atoms with Gasteiger partial charge in [-0.05, 0) is 48.2 Å². The lowest BCUT2D eigenvalue weighted by molar-refractivity contribution is -0.145. The fourth-order valence-electron chi connectivity index (χ4n) is 6.11. The number of halogens is 5. The molecule has 6 N–H and O–H groups in total. The number of hydrogen-bond acceptors (Lipinski definition) is 14. The number of nitrogens with zero attached hydrogens (tertiary/aromatic N) is 10. The number of anilines is 4. The van der Waals surface area contributed by atoms with Gasteiger partial charge in [-0.15, -0.1) is 0 Å². The number of benzene rings is 2. The molecule has 6 heterocycles. The van der Waals surface area contributed by atoms with Crippen LogP contribution < -0.4 is 22.1 Å². The first-order valence-electron chi connectivity index (χ1n) is 18.6. The number of alkyl halides is 3. The van der Waals surface area contributed by atoms with Crippen LogP contribution in [0.15, 0.2) is 71.4 Å². The molecule has 8 rings (SSSR count). The van der Waals surface area contributed by atoms with Gasteiger partial charge in [0, 0.05) is 29.6 Å². The molecule has 0 unspecified atom stereocenters. The third-order valence-corrected chi connectivity index (χ3v) is 10.2. The minimum absolute atomic E-state index is 0.0227. The Morgan fingerprint density at radius 2 is 1.06 bits per heavy atom. The second-order valence-corrected chi connectivity index (χ2v) is 15.8. The highest BCUT2D eigenvalue weighted by atomic mass is 35.5. The van der Waals surface area contributed by atoms with E-state index in [2.05, 4.69) is 71.3 Å². The van der Waals surface area contributed by atoms with E-state index in [-0.39, 0.29) is 56.3 Å². The van der Waals surface area contributed by atoms with E-state index in [0.717, 1.165) is 52.1 Å². The van der Waals surface area contributed by atoms with Crippen LogP contribution in [0.2, 0.25) is 10.0 Å². The van der Waals surface area contributed by atoms with E-state index in [1.165, 1.54) is 6.33 Å². The molecule has 62 heavy (non-hydrogen) atoms. The first-order chi connectivity index (χ1) is 29.3. The molecule has 16 nitrogen and oxygen atoms in total. The summed E-state index contributed by atoms with van der Waals surface area (Å²) in [6.07, 6.45) is 1.23. The number of nitrogen functional groups attached to an aromatic ring is 2. The van der Waals surface area contributed by atoms with Crippen LogP contribution in [0.3, 0.4) is 0 Å². The Bertz CT molecular complexity index is 2670. The van der Waals surface area contributed by atoms with Crippen molar-refractivity contribution in [2.45, 2.75) is 59.1 Å². The molecule has 0 saturated carbocycles. The Kier molecular flexibility index (Phi) is 11.7. The number of amides is 2. The number of nitrogens with two attached hydrogens (primary N) is 2. The van der Waals surface area contributed by atoms with Crippen molar-refractivity contribution in [1.29, 1.82) is 0 Å². The van der Waals surface area contributed by atoms with Gasteiger partial charge in [0.05, 0.1) is 35.2 Å². The topological polar surface area (TPSA) is 238 Å². The second kappa shape index (κ2) is 16.8. The van der Waals surface area contributed by atoms with Gasteiger partial charge in [0.1, 0.15) is 51.5 Å². The van der Waals surface area contributed by atoms with E-state index >= 15 is 0 Å². The van der Waals surface area contributed by atoms with Gasteiger partial charge in [-0.1, -0.05) is 68.2 Å². The van der Waals surface area contributed by atoms with Crippen molar-refractivity contribution in [3.8, 4) is 0 Å². The molecular weight excluding hydrogens is 848 g/mol. The van der Waals surface area contributed by atoms with E-state index in [1.54, 1.807) is 31.3 Å². The van der Waals surface area contributed by atoms with Crippen molar-refractivity contribution >= 4 is 80.8 Å². The zero-order chi connectivity index (χ0) is 44.7. The maximum Gasteiger partial charge on any atom is 0.451 e. The van der Waals surface area contributed by atoms with Gasteiger partial charge in [0.15, 0.2) is 11.4 Å². The summed E-state index contributed by atoms with van der Waals surface area (Å²) in [5.74, 6) is -1.43. The Labute approximate surface area is 361 Å². The molecule has 2 aliphatic heterocycles. The van der Waals surface area contributed by atoms with Crippen molar-refractivity contribution < 1.29 is 22.8 Å². The highest BCUT2D eigenvalue weighted by molar-refractivity contribution is 6.36. The summed E-state index contributed by atoms with van der Waals surface area (Å²) in [6, 6.07) is 11.0. The van der Waals surface area contributed by atoms with E-state index in [0.29, 0.717) is 29.1 Å². The number of aromatic nitrogens is 8. The predicted molar refractivity (Wildman–Crippen MR) is 229 cm³/mol. The standard InChI is InChI=1S/C22H22ClN7O.C19H13ClF3N7O/c1-11-5-6-12(7-13(11)29-20(31)18-17(23)19(24)27-10-26-18)14-8-15-16(28-14)9-25-21(30-15)22(2,3)4;1-8-2-3-9(4-10(8)29-17(31)15-14(20)16(24)27-7-26-15)11-5-12-13(28-11)6-25-18(30-12)19(21,22)23/h5-7,9-10H,8H2,1-4H3,(H,29,31)(H2,24,26,27);2-4,6-7H,5H2,1H3,(H,29,31)(H2,24,26,27). The number of aryl methyl sites for hydroxylation is 2. The lowest BCUT2D eigenvalue weighted by Gasteiger charge is -2.16. The van der Waals surface area contributed by atoms with E-state index in [4.69, 9.17) is 44.6 Å². The first-order valence-corrected chi connectivity index (χ1v) is 19.3. The van der Waals surface area contributed by atoms with Gasteiger partial charge in [-0.25, -0.2) is 49.9 Å². The minimum atomic E-state index is -4.63. The van der Waals surface area contributed by atoms with Gasteiger partial charge >= 0.3 is 6.18 Å². The lowest BCUT2D eigenvalue weighted by Crippen LogP contribution is -2.17. The molecular formula is C41H35Cl2F3N14O2. The van der Waals surface area contributed by atoms with Crippen LogP contribution in [-0.2, 0) is 24.4 Å². The SMILES string of the molecule is Cc1ccc(C2=Nc3cnc(C(C)(C)C)nc3C2)cc1NC(=O)c1ncnc(N)c1Cl.Cc1ccc(C2=Nc3cnc(C(F)(F)F)nc3C2)cc1NC(=O)c1ncnc(N)c1Cl. The Hall–Kier alpha value is -6.99. The summed E-state index contributed by atoms with van der Waals surface area (Å²) in [6.45, 7) is 9.93. The van der Waals surface area contributed by atoms with Gasteiger partial charge < -0.3 is 22.1 Å². The fraction of sp³-hybridized carbons (Fsp3) is 0.220. The smallest absolute Gasteiger partial charge is 0.382 e. The number of carbonyl (C=O) groups is 2. The molecule has 2 aromatic carbocycles. The molecule has 0 spiro atoms. The van der Waals surface area contributed by atoms with Crippen molar-refractivity contribution in [3.63, 3.8) is 0 Å². The maximum absolute atomic E-state index is 12.9. The number of nitrogens with one attached hydrogen (secondary N) is 2. The number of carbonyl (C=O) groups excluding carboxylic acids is 2. The first kappa shape index (κ1) is 43.1. The Morgan fingerprint density at radius 3 is 1.48 bits per heavy atom. The summed E-state index contributed by atoms with van der Waals surface area (Å²) in [7, 11) is 0. The molecule has 4 aromatic heterocycles. The van der Waals surface area contributed by atoms with Crippen LogP contribution in [0, 0.1) is 13.8 Å². The number of rotatable bonds is 6. The lowest BCUT2D eigenvalue weighted by atomic mass is 9.95. The summed E-state index contributed by atoms with van der Waals surface area (Å²) in [5, 5.41) is 5.52. The van der Waals surface area contributed by atoms with Crippen LogP contribution in [0.1, 0.15) is 87.0 Å². The van der Waals surface area contributed by atoms with Crippen LogP contribution in [-0.4, -0.2) is 63.1 Å². The molecule has 316 valence electrons. The fourth-order valence-corrected chi connectivity index (χ4v) is 6.47. The van der Waals surface area contributed by atoms with Crippen LogP contribution in [0.25, 0.3) is 0 Å². The van der Waals surface area contributed by atoms with E-state index in [1.807, 2.05) is 25.1 Å². The molecule has 2 aliphatic rings. The zero-order valence-corrected chi connectivity index (χ0v) is 35.0. The van der Waals surface area contributed by atoms with Crippen molar-refractivity contribution in [2.75, 3.05) is 22.1 Å². The molecule has 2 amide bonds. The van der Waals surface area contributed by atoms with Gasteiger partial charge in [-0.3, -0.25) is 9.59 Å². The minimum Gasteiger partial charge on any atom is -0.382 e. The average Bonchev–Trinajstić information content (AvgIpc) is 3.85. The Balaban J connectivity index is 0.000000186. The average molecular weight is 884 g/mol. The van der Waals surface area contributed by atoms with Gasteiger partial charge in [0.25, 0.3) is 11.8 Å². The largest absolute Gasteiger partial charge is 0.451 e. The molecule has 6 aromatic rings. The van der Waals surface area contributed by atoms with E-state index < -0.39 is 23.8 Å². The molecule has 0 saturated heterocycles. The molecule has 21 heteroatoms. The van der Waals surface area contributed by atoms with Crippen molar-refractivity contribution in [2.24, 2.45) is 9.98 Å². The normalized spacial score (nSPS) is 13.0. The third kappa shape index (κ3) is 9.18. The second-order valence-electron chi connectivity index (χ2n) is 15.1. The molecule has 0 aliphatic carbocycles.